The van der Waals surface area contributed by atoms with Gasteiger partial charge in [-0.2, -0.15) is 0 Å². The van der Waals surface area contributed by atoms with Crippen LogP contribution in [0.1, 0.15) is 12.5 Å². The van der Waals surface area contributed by atoms with Crippen LogP contribution in [0.5, 0.6) is 0 Å². The summed E-state index contributed by atoms with van der Waals surface area (Å²) in [4.78, 5) is 25.0. The van der Waals surface area contributed by atoms with Crippen molar-refractivity contribution in [3.05, 3.63) is 29.8 Å². The highest BCUT2D eigenvalue weighted by atomic mass is 32.2. The molecule has 126 valence electrons. The molecule has 1 amide bonds. The molecule has 0 bridgehead atoms. The van der Waals surface area contributed by atoms with Gasteiger partial charge in [-0.05, 0) is 17.7 Å². The Balaban J connectivity index is 2.09. The lowest BCUT2D eigenvalue weighted by Gasteiger charge is -2.32. The van der Waals surface area contributed by atoms with Crippen LogP contribution in [-0.2, 0) is 30.6 Å². The lowest BCUT2D eigenvalue weighted by Crippen LogP contribution is -2.53. The number of morpholine rings is 1. The summed E-state index contributed by atoms with van der Waals surface area (Å²) in [7, 11) is -3.27. The number of carbonyl (C=O) groups excluding carboxylic acids is 1. The minimum Gasteiger partial charge on any atom is -0.480 e. The molecule has 1 aliphatic heterocycles. The van der Waals surface area contributed by atoms with Gasteiger partial charge in [0.05, 0.1) is 30.3 Å². The fraction of sp³-hybridized carbons (Fsp3) is 0.467. The number of carboxylic acid groups (broad SMARTS) is 1. The predicted octanol–water partition coefficient (Wildman–Crippen LogP) is 0.335. The van der Waals surface area contributed by atoms with Crippen LogP contribution in [0.2, 0.25) is 0 Å². The number of benzene rings is 1. The van der Waals surface area contributed by atoms with Gasteiger partial charge in [-0.3, -0.25) is 4.79 Å². The third kappa shape index (κ3) is 4.08. The third-order valence-electron chi connectivity index (χ3n) is 3.75. The zero-order chi connectivity index (χ0) is 17.0. The molecular weight excluding hydrogens is 322 g/mol. The number of hydrogen-bond donors (Lipinski definition) is 1. The van der Waals surface area contributed by atoms with Crippen LogP contribution in [0.15, 0.2) is 29.2 Å². The molecule has 0 radical (unpaired) electrons. The van der Waals surface area contributed by atoms with E-state index in [2.05, 4.69) is 0 Å². The maximum atomic E-state index is 12.3. The summed E-state index contributed by atoms with van der Waals surface area (Å²) < 4.78 is 28.6. The van der Waals surface area contributed by atoms with Crippen LogP contribution in [-0.4, -0.2) is 61.9 Å². The Morgan fingerprint density at radius 3 is 2.52 bits per heavy atom. The maximum Gasteiger partial charge on any atom is 0.328 e. The average Bonchev–Trinajstić information content (AvgIpc) is 2.55. The van der Waals surface area contributed by atoms with Crippen molar-refractivity contribution in [2.24, 2.45) is 0 Å². The Kier molecular flexibility index (Phi) is 5.38. The first-order valence-electron chi connectivity index (χ1n) is 7.27. The van der Waals surface area contributed by atoms with E-state index in [0.717, 1.165) is 0 Å². The molecule has 1 N–H and O–H groups in total. The van der Waals surface area contributed by atoms with Gasteiger partial charge in [-0.15, -0.1) is 0 Å². The van der Waals surface area contributed by atoms with Crippen LogP contribution in [0, 0.1) is 0 Å². The smallest absolute Gasteiger partial charge is 0.328 e. The molecule has 0 aliphatic carbocycles. The second kappa shape index (κ2) is 7.10. The Labute approximate surface area is 134 Å². The Morgan fingerprint density at radius 2 is 1.96 bits per heavy atom. The SMILES string of the molecule is CCS(=O)(=O)c1ccc(CC(=O)N2CCOCC2C(=O)O)cc1. The predicted molar refractivity (Wildman–Crippen MR) is 81.8 cm³/mol. The number of aliphatic carboxylic acids is 1. The van der Waals surface area contributed by atoms with E-state index >= 15 is 0 Å². The lowest BCUT2D eigenvalue weighted by atomic mass is 10.1. The summed E-state index contributed by atoms with van der Waals surface area (Å²) in [6, 6.07) is 5.12. The van der Waals surface area contributed by atoms with Gasteiger partial charge in [0.15, 0.2) is 15.9 Å². The highest BCUT2D eigenvalue weighted by Gasteiger charge is 2.32. The van der Waals surface area contributed by atoms with Crippen molar-refractivity contribution in [1.29, 1.82) is 0 Å². The molecule has 1 aliphatic rings. The highest BCUT2D eigenvalue weighted by molar-refractivity contribution is 7.91. The molecular formula is C15H19NO6S. The van der Waals surface area contributed by atoms with E-state index in [1.807, 2.05) is 0 Å². The monoisotopic (exact) mass is 341 g/mol. The first-order chi connectivity index (χ1) is 10.8. The fourth-order valence-corrected chi connectivity index (χ4v) is 3.25. The molecule has 0 aromatic heterocycles. The minimum absolute atomic E-state index is 0.0132. The zero-order valence-corrected chi connectivity index (χ0v) is 13.6. The van der Waals surface area contributed by atoms with Gasteiger partial charge in [0.25, 0.3) is 0 Å². The largest absolute Gasteiger partial charge is 0.480 e. The summed E-state index contributed by atoms with van der Waals surface area (Å²) in [6.07, 6.45) is 0.0240. The van der Waals surface area contributed by atoms with Crippen molar-refractivity contribution in [3.63, 3.8) is 0 Å². The Hall–Kier alpha value is -1.93. The van der Waals surface area contributed by atoms with E-state index in [0.29, 0.717) is 12.2 Å². The molecule has 23 heavy (non-hydrogen) atoms. The van der Waals surface area contributed by atoms with Crippen LogP contribution in [0.25, 0.3) is 0 Å². The van der Waals surface area contributed by atoms with Gasteiger partial charge in [0, 0.05) is 6.54 Å². The first-order valence-corrected chi connectivity index (χ1v) is 8.92. The average molecular weight is 341 g/mol. The molecule has 2 rings (SSSR count). The number of sulfone groups is 1. The van der Waals surface area contributed by atoms with Crippen LogP contribution < -0.4 is 0 Å². The van der Waals surface area contributed by atoms with Crippen molar-refractivity contribution >= 4 is 21.7 Å². The van der Waals surface area contributed by atoms with Gasteiger partial charge in [-0.1, -0.05) is 19.1 Å². The number of rotatable bonds is 5. The molecule has 1 aromatic carbocycles. The van der Waals surface area contributed by atoms with Gasteiger partial charge < -0.3 is 14.7 Å². The van der Waals surface area contributed by atoms with Gasteiger partial charge in [0.2, 0.25) is 5.91 Å². The number of hydrogen-bond acceptors (Lipinski definition) is 5. The van der Waals surface area contributed by atoms with E-state index in [4.69, 9.17) is 9.84 Å². The zero-order valence-electron chi connectivity index (χ0n) is 12.8. The van der Waals surface area contributed by atoms with Crippen molar-refractivity contribution in [2.45, 2.75) is 24.3 Å². The summed E-state index contributed by atoms with van der Waals surface area (Å²) in [5.41, 5.74) is 0.640. The van der Waals surface area contributed by atoms with Gasteiger partial charge in [0.1, 0.15) is 0 Å². The quantitative estimate of drug-likeness (QED) is 0.828. The molecule has 1 heterocycles. The normalized spacial score (nSPS) is 18.7. The standard InChI is InChI=1S/C15H19NO6S/c1-2-23(20,21)12-5-3-11(4-6-12)9-14(17)16-7-8-22-10-13(16)15(18)19/h3-6,13H,2,7-10H2,1H3,(H,18,19). The number of nitrogens with zero attached hydrogens (tertiary/aromatic N) is 1. The second-order valence-corrected chi connectivity index (χ2v) is 7.52. The number of carbonyl (C=O) groups is 2. The van der Waals surface area contributed by atoms with Crippen LogP contribution >= 0.6 is 0 Å². The van der Waals surface area contributed by atoms with Crippen molar-refractivity contribution in [1.82, 2.24) is 4.90 Å². The van der Waals surface area contributed by atoms with Gasteiger partial charge in [-0.25, -0.2) is 13.2 Å². The molecule has 1 fully saturated rings. The summed E-state index contributed by atoms with van der Waals surface area (Å²) >= 11 is 0. The number of amides is 1. The molecule has 1 atom stereocenters. The summed E-state index contributed by atoms with van der Waals surface area (Å²) in [6.45, 7) is 2.09. The Morgan fingerprint density at radius 1 is 1.30 bits per heavy atom. The van der Waals surface area contributed by atoms with Crippen molar-refractivity contribution < 1.29 is 27.9 Å². The van der Waals surface area contributed by atoms with Crippen molar-refractivity contribution in [3.8, 4) is 0 Å². The van der Waals surface area contributed by atoms with Crippen molar-refractivity contribution in [2.75, 3.05) is 25.5 Å². The van der Waals surface area contributed by atoms with E-state index in [9.17, 15) is 18.0 Å². The highest BCUT2D eigenvalue weighted by Crippen LogP contribution is 2.15. The lowest BCUT2D eigenvalue weighted by molar-refractivity contribution is -0.158. The van der Waals surface area contributed by atoms with E-state index in [-0.39, 0.29) is 36.1 Å². The summed E-state index contributed by atoms with van der Waals surface area (Å²) in [5, 5.41) is 9.14. The first kappa shape index (κ1) is 17.4. The Bertz CT molecular complexity index is 682. The van der Waals surface area contributed by atoms with E-state index < -0.39 is 21.8 Å². The second-order valence-electron chi connectivity index (χ2n) is 5.24. The molecule has 1 saturated heterocycles. The summed E-state index contributed by atoms with van der Waals surface area (Å²) in [5.74, 6) is -1.39. The molecule has 1 aromatic rings. The van der Waals surface area contributed by atoms with Gasteiger partial charge >= 0.3 is 5.97 Å². The maximum absolute atomic E-state index is 12.3. The third-order valence-corrected chi connectivity index (χ3v) is 5.50. The molecule has 0 saturated carbocycles. The molecule has 7 nitrogen and oxygen atoms in total. The number of carboxylic acids is 1. The molecule has 0 spiro atoms. The van der Waals surface area contributed by atoms with Crippen LogP contribution in [0.3, 0.4) is 0 Å². The van der Waals surface area contributed by atoms with E-state index in [1.54, 1.807) is 19.1 Å². The fourth-order valence-electron chi connectivity index (χ4n) is 2.36. The number of ether oxygens (including phenoxy) is 1. The van der Waals surface area contributed by atoms with E-state index in [1.165, 1.54) is 17.0 Å². The molecule has 1 unspecified atom stereocenters. The minimum atomic E-state index is -3.27. The van der Waals surface area contributed by atoms with Crippen LogP contribution in [0.4, 0.5) is 0 Å². The molecule has 8 heteroatoms. The topological polar surface area (TPSA) is 101 Å².